The van der Waals surface area contributed by atoms with Crippen LogP contribution in [-0.4, -0.2) is 17.8 Å². The van der Waals surface area contributed by atoms with Gasteiger partial charge in [0.05, 0.1) is 0 Å². The van der Waals surface area contributed by atoms with E-state index >= 15 is 0 Å². The van der Waals surface area contributed by atoms with Crippen LogP contribution in [0.5, 0.6) is 0 Å². The zero-order valence-corrected chi connectivity index (χ0v) is 14.5. The van der Waals surface area contributed by atoms with E-state index in [0.29, 0.717) is 13.1 Å². The van der Waals surface area contributed by atoms with Crippen molar-refractivity contribution < 1.29 is 13.0 Å². The molecule has 0 saturated heterocycles. The van der Waals surface area contributed by atoms with Crippen molar-refractivity contribution in [1.82, 2.24) is 4.67 Å². The second kappa shape index (κ2) is 6.90. The summed E-state index contributed by atoms with van der Waals surface area (Å²) >= 11 is 22.8. The normalized spacial score (nSPS) is 13.9. The van der Waals surface area contributed by atoms with Crippen molar-refractivity contribution in [2.75, 3.05) is 13.1 Å². The van der Waals surface area contributed by atoms with Gasteiger partial charge in [-0.15, -0.1) is 12.9 Å². The van der Waals surface area contributed by atoms with E-state index in [-0.39, 0.29) is 0 Å². The van der Waals surface area contributed by atoms with E-state index in [1.54, 1.807) is 13.8 Å². The fraction of sp³-hybridized carbons (Fsp3) is 1.00. The summed E-state index contributed by atoms with van der Waals surface area (Å²) in [6.07, 6.45) is 0. The fourth-order valence-corrected chi connectivity index (χ4v) is 12.0. The van der Waals surface area contributed by atoms with Crippen molar-refractivity contribution in [3.8, 4) is 0 Å². The van der Waals surface area contributed by atoms with Crippen LogP contribution in [0.3, 0.4) is 0 Å². The van der Waals surface area contributed by atoms with Gasteiger partial charge in [0.25, 0.3) is 5.91 Å². The van der Waals surface area contributed by atoms with E-state index in [2.05, 4.69) is 9.03 Å². The quantitative estimate of drug-likeness (QED) is 0.466. The van der Waals surface area contributed by atoms with E-state index in [1.165, 1.54) is 4.67 Å². The molecule has 0 heterocycles. The van der Waals surface area contributed by atoms with Crippen LogP contribution in [-0.2, 0) is 4.57 Å². The second-order valence-electron chi connectivity index (χ2n) is 2.66. The molecule has 0 N–H and O–H groups in total. The summed E-state index contributed by atoms with van der Waals surface area (Å²) in [6, 6.07) is 0. The summed E-state index contributed by atoms with van der Waals surface area (Å²) in [4.78, 5) is 0. The highest BCUT2D eigenvalue weighted by Gasteiger charge is 2.29. The van der Waals surface area contributed by atoms with Crippen LogP contribution in [0, 0.1) is 0 Å². The molecule has 0 spiro atoms. The molecule has 0 fully saturated rings. The van der Waals surface area contributed by atoms with Crippen molar-refractivity contribution in [2.45, 2.75) is 13.8 Å². The molecular formula is C4H10Cl4F2N3OP3. The molecule has 0 bridgehead atoms. The fourth-order valence-electron chi connectivity index (χ4n) is 0.893. The van der Waals surface area contributed by atoms with Gasteiger partial charge in [-0.1, -0.05) is 13.8 Å². The van der Waals surface area contributed by atoms with E-state index in [4.69, 9.17) is 45.0 Å². The Kier molecular flexibility index (Phi) is 7.58. The Balaban J connectivity index is 5.54. The van der Waals surface area contributed by atoms with E-state index in [9.17, 15) is 13.0 Å². The predicted molar refractivity (Wildman–Crippen MR) is 74.9 cm³/mol. The molecule has 13 heteroatoms. The lowest BCUT2D eigenvalue weighted by Gasteiger charge is -2.24. The maximum Gasteiger partial charge on any atom is 0.531 e. The molecule has 0 atom stereocenters. The molecule has 0 unspecified atom stereocenters. The standard InChI is InChI=1S/C4H10Cl4F2N3OP3/c1-3-13(4-2)16(7,8)11-15(5,6)12-17(9,10)14/h3-4H2,1-2H3. The van der Waals surface area contributed by atoms with Gasteiger partial charge >= 0.3 is 7.91 Å². The minimum absolute atomic E-state index is 0.442. The van der Waals surface area contributed by atoms with Gasteiger partial charge in [-0.3, -0.25) is 0 Å². The summed E-state index contributed by atoms with van der Waals surface area (Å²) in [5.41, 5.74) is 0. The molecule has 0 aliphatic carbocycles. The first-order valence-corrected chi connectivity index (χ1v) is 12.7. The Morgan fingerprint density at radius 2 is 1.47 bits per heavy atom. The zero-order valence-electron chi connectivity index (χ0n) is 8.77. The Morgan fingerprint density at radius 3 is 1.76 bits per heavy atom. The summed E-state index contributed by atoms with van der Waals surface area (Å²) in [7, 11) is -5.72. The van der Waals surface area contributed by atoms with Crippen molar-refractivity contribution in [1.29, 1.82) is 0 Å². The summed E-state index contributed by atoms with van der Waals surface area (Å²) in [5, 5.41) is 0. The molecule has 0 radical (unpaired) electrons. The summed E-state index contributed by atoms with van der Waals surface area (Å²) in [5.74, 6) is -6.96. The lowest BCUT2D eigenvalue weighted by Crippen LogP contribution is -2.14. The molecular weight excluding hydrogens is 379 g/mol. The summed E-state index contributed by atoms with van der Waals surface area (Å²) in [6.45, 7) is 4.40. The SMILES string of the molecule is CCN(CC)P(Cl)(Cl)=NP(Cl)(Cl)=NP(=O)(F)F. The number of halogens is 6. The summed E-state index contributed by atoms with van der Waals surface area (Å²) < 4.78 is 42.3. The van der Waals surface area contributed by atoms with Gasteiger partial charge < -0.3 is 0 Å². The Bertz CT molecular complexity index is 410. The number of rotatable bonds is 5. The van der Waals surface area contributed by atoms with Crippen LogP contribution >= 0.6 is 64.7 Å². The number of nitrogens with zero attached hydrogens (tertiary/aromatic N) is 3. The van der Waals surface area contributed by atoms with E-state index in [1.807, 2.05) is 0 Å². The van der Waals surface area contributed by atoms with Crippen LogP contribution in [0.1, 0.15) is 13.8 Å². The van der Waals surface area contributed by atoms with E-state index < -0.39 is 19.7 Å². The molecule has 0 amide bonds. The third-order valence-electron chi connectivity index (χ3n) is 1.50. The average Bonchev–Trinajstić information content (AvgIpc) is 1.97. The second-order valence-corrected chi connectivity index (χ2v) is 14.0. The molecule has 0 saturated carbocycles. The smallest absolute Gasteiger partial charge is 0.246 e. The molecule has 0 aromatic heterocycles. The monoisotopic (exact) mass is 387 g/mol. The van der Waals surface area contributed by atoms with Gasteiger partial charge in [-0.05, 0) is 45.0 Å². The highest BCUT2D eigenvalue weighted by atomic mass is 35.9. The first kappa shape index (κ1) is 18.7. The first-order chi connectivity index (χ1) is 7.43. The molecule has 0 aromatic rings. The minimum atomic E-state index is -5.72. The van der Waals surface area contributed by atoms with E-state index in [0.717, 1.165) is 0 Å². The highest BCUT2D eigenvalue weighted by Crippen LogP contribution is 2.78. The highest BCUT2D eigenvalue weighted by molar-refractivity contribution is 8.18. The topological polar surface area (TPSA) is 45.0 Å². The third-order valence-corrected chi connectivity index (χ3v) is 11.1. The first-order valence-electron chi connectivity index (χ1n) is 4.24. The van der Waals surface area contributed by atoms with Crippen molar-refractivity contribution in [3.05, 3.63) is 0 Å². The van der Waals surface area contributed by atoms with Crippen LogP contribution in [0.2, 0.25) is 0 Å². The molecule has 104 valence electrons. The predicted octanol–water partition coefficient (Wildman–Crippen LogP) is 7.22. The molecule has 0 aromatic carbocycles. The third kappa shape index (κ3) is 7.74. The molecule has 4 nitrogen and oxygen atoms in total. The number of hydrogen-bond acceptors (Lipinski definition) is 1. The van der Waals surface area contributed by atoms with Crippen LogP contribution in [0.15, 0.2) is 9.03 Å². The molecule has 17 heavy (non-hydrogen) atoms. The van der Waals surface area contributed by atoms with Gasteiger partial charge in [0.1, 0.15) is 0 Å². The lowest BCUT2D eigenvalue weighted by atomic mass is 10.7. The lowest BCUT2D eigenvalue weighted by molar-refractivity contribution is 0.497. The Labute approximate surface area is 118 Å². The van der Waals surface area contributed by atoms with Gasteiger partial charge in [0.15, 0.2) is 0 Å². The van der Waals surface area contributed by atoms with Gasteiger partial charge in [0, 0.05) is 13.1 Å². The molecule has 0 aliphatic heterocycles. The van der Waals surface area contributed by atoms with Crippen molar-refractivity contribution in [3.63, 3.8) is 0 Å². The van der Waals surface area contributed by atoms with Gasteiger partial charge in [-0.25, -0.2) is 9.24 Å². The van der Waals surface area contributed by atoms with Crippen LogP contribution in [0.4, 0.5) is 8.39 Å². The largest absolute Gasteiger partial charge is 0.531 e. The van der Waals surface area contributed by atoms with Crippen LogP contribution < -0.4 is 0 Å². The number of hydrogen-bond donors (Lipinski definition) is 0. The molecule has 0 rings (SSSR count). The van der Waals surface area contributed by atoms with Gasteiger partial charge in [-0.2, -0.15) is 4.52 Å². The average molecular weight is 389 g/mol. The maximum atomic E-state index is 12.3. The minimum Gasteiger partial charge on any atom is -0.246 e. The zero-order chi connectivity index (χ0) is 13.9. The van der Waals surface area contributed by atoms with Gasteiger partial charge in [0.2, 0.25) is 5.91 Å². The van der Waals surface area contributed by atoms with Crippen LogP contribution in [0.25, 0.3) is 0 Å². The Hall–Kier alpha value is 1.67. The maximum absolute atomic E-state index is 12.3. The molecule has 0 aliphatic rings. The van der Waals surface area contributed by atoms with Crippen molar-refractivity contribution in [2.24, 2.45) is 9.03 Å². The Morgan fingerprint density at radius 1 is 1.06 bits per heavy atom. The van der Waals surface area contributed by atoms with Crippen molar-refractivity contribution >= 4 is 64.7 Å².